The van der Waals surface area contributed by atoms with Crippen molar-refractivity contribution in [3.63, 3.8) is 0 Å². The second-order valence-electron chi connectivity index (χ2n) is 3.32. The number of hydrogen-bond donors (Lipinski definition) is 0. The molecule has 0 saturated carbocycles. The topological polar surface area (TPSA) is 35.5 Å². The normalized spacial score (nSPS) is 14.1. The molecule has 5 heteroatoms. The molecule has 1 atom stereocenters. The third-order valence-electron chi connectivity index (χ3n) is 2.25. The van der Waals surface area contributed by atoms with Crippen molar-refractivity contribution in [1.82, 2.24) is 0 Å². The Morgan fingerprint density at radius 3 is 2.56 bits per heavy atom. The van der Waals surface area contributed by atoms with Crippen LogP contribution in [0.3, 0.4) is 0 Å². The van der Waals surface area contributed by atoms with Crippen LogP contribution in [0.1, 0.15) is 12.5 Å². The molecule has 0 aliphatic carbocycles. The highest BCUT2D eigenvalue weighted by atomic mass is 79.9. The molecule has 0 saturated heterocycles. The maximum absolute atomic E-state index is 14.3. The maximum Gasteiger partial charge on any atom is 0.348 e. The van der Waals surface area contributed by atoms with Crippen molar-refractivity contribution in [3.05, 3.63) is 28.2 Å². The van der Waals surface area contributed by atoms with E-state index in [2.05, 4.69) is 20.7 Å². The number of carbonyl (C=O) groups is 1. The van der Waals surface area contributed by atoms with Gasteiger partial charge in [-0.1, -0.05) is 12.1 Å². The van der Waals surface area contributed by atoms with E-state index in [0.29, 0.717) is 4.47 Å². The van der Waals surface area contributed by atoms with Crippen LogP contribution in [0.25, 0.3) is 0 Å². The molecule has 0 aliphatic heterocycles. The molecule has 16 heavy (non-hydrogen) atoms. The van der Waals surface area contributed by atoms with E-state index in [1.807, 2.05) is 0 Å². The number of methoxy groups -OCH3 is 2. The number of benzene rings is 1. The number of esters is 1. The van der Waals surface area contributed by atoms with E-state index in [1.165, 1.54) is 13.2 Å². The minimum Gasteiger partial charge on any atom is -0.495 e. The van der Waals surface area contributed by atoms with E-state index in [4.69, 9.17) is 4.74 Å². The number of carbonyl (C=O) groups excluding carboxylic acids is 1. The molecule has 0 amide bonds. The standard InChI is InChI=1S/C11H12BrFO3/c1-11(13,10(14)16-3)7-5-4-6-8(12)9(7)15-2/h4-6H,1-3H3. The average Bonchev–Trinajstić information content (AvgIpc) is 2.27. The Morgan fingerprint density at radius 2 is 2.06 bits per heavy atom. The first-order chi connectivity index (χ1) is 7.45. The molecule has 0 heterocycles. The molecule has 3 nitrogen and oxygen atoms in total. The average molecular weight is 291 g/mol. The van der Waals surface area contributed by atoms with Crippen LogP contribution in [0, 0.1) is 0 Å². The highest BCUT2D eigenvalue weighted by Crippen LogP contribution is 2.38. The Kier molecular flexibility index (Phi) is 3.91. The van der Waals surface area contributed by atoms with Gasteiger partial charge in [0.2, 0.25) is 5.67 Å². The first kappa shape index (κ1) is 13.0. The minimum absolute atomic E-state index is 0.135. The molecule has 0 spiro atoms. The van der Waals surface area contributed by atoms with Gasteiger partial charge in [-0.3, -0.25) is 0 Å². The minimum atomic E-state index is -2.23. The summed E-state index contributed by atoms with van der Waals surface area (Å²) >= 11 is 3.23. The van der Waals surface area contributed by atoms with Gasteiger partial charge >= 0.3 is 5.97 Å². The Hall–Kier alpha value is -1.10. The van der Waals surface area contributed by atoms with Gasteiger partial charge in [0.05, 0.1) is 18.7 Å². The molecule has 0 aliphatic rings. The Balaban J connectivity index is 3.32. The summed E-state index contributed by atoms with van der Waals surface area (Å²) in [5.41, 5.74) is -2.10. The summed E-state index contributed by atoms with van der Waals surface area (Å²) in [6, 6.07) is 4.82. The highest BCUT2D eigenvalue weighted by Gasteiger charge is 2.39. The summed E-state index contributed by atoms with van der Waals surface area (Å²) in [4.78, 5) is 11.3. The summed E-state index contributed by atoms with van der Waals surface area (Å²) in [6.45, 7) is 1.14. The van der Waals surface area contributed by atoms with Crippen molar-refractivity contribution < 1.29 is 18.7 Å². The molecule has 88 valence electrons. The summed E-state index contributed by atoms with van der Waals surface area (Å²) in [6.07, 6.45) is 0. The largest absolute Gasteiger partial charge is 0.495 e. The van der Waals surface area contributed by atoms with Gasteiger partial charge in [-0.25, -0.2) is 9.18 Å². The highest BCUT2D eigenvalue weighted by molar-refractivity contribution is 9.10. The lowest BCUT2D eigenvalue weighted by atomic mass is 9.97. The molecule has 1 rings (SSSR count). The van der Waals surface area contributed by atoms with E-state index >= 15 is 0 Å². The molecular weight excluding hydrogens is 279 g/mol. The molecule has 0 radical (unpaired) electrons. The monoisotopic (exact) mass is 290 g/mol. The van der Waals surface area contributed by atoms with E-state index < -0.39 is 11.6 Å². The molecular formula is C11H12BrFO3. The molecule has 0 aromatic heterocycles. The van der Waals surface area contributed by atoms with Crippen LogP contribution < -0.4 is 4.74 Å². The lowest BCUT2D eigenvalue weighted by Crippen LogP contribution is -2.29. The van der Waals surface area contributed by atoms with Crippen molar-refractivity contribution in [2.75, 3.05) is 14.2 Å². The fraction of sp³-hybridized carbons (Fsp3) is 0.364. The van der Waals surface area contributed by atoms with E-state index in [9.17, 15) is 9.18 Å². The van der Waals surface area contributed by atoms with Crippen molar-refractivity contribution in [2.45, 2.75) is 12.6 Å². The number of para-hydroxylation sites is 1. The first-order valence-electron chi connectivity index (χ1n) is 4.55. The van der Waals surface area contributed by atoms with Crippen LogP contribution >= 0.6 is 15.9 Å². The van der Waals surface area contributed by atoms with Crippen molar-refractivity contribution in [3.8, 4) is 5.75 Å². The summed E-state index contributed by atoms with van der Waals surface area (Å²) in [5, 5.41) is 0. The van der Waals surface area contributed by atoms with Gasteiger partial charge in [0.15, 0.2) is 0 Å². The molecule has 0 fully saturated rings. The summed E-state index contributed by atoms with van der Waals surface area (Å²) in [7, 11) is 2.56. The fourth-order valence-electron chi connectivity index (χ4n) is 1.39. The lowest BCUT2D eigenvalue weighted by Gasteiger charge is -2.21. The number of hydrogen-bond acceptors (Lipinski definition) is 3. The first-order valence-corrected chi connectivity index (χ1v) is 5.34. The van der Waals surface area contributed by atoms with Gasteiger partial charge in [0.25, 0.3) is 0 Å². The molecule has 1 aromatic rings. The molecule has 0 bridgehead atoms. The Bertz CT molecular complexity index is 404. The molecule has 1 aromatic carbocycles. The lowest BCUT2D eigenvalue weighted by molar-refractivity contribution is -0.154. The zero-order chi connectivity index (χ0) is 12.3. The number of alkyl halides is 1. The second-order valence-corrected chi connectivity index (χ2v) is 4.17. The summed E-state index contributed by atoms with van der Waals surface area (Å²) < 4.78 is 24.3. The van der Waals surface area contributed by atoms with Gasteiger partial charge in [-0.05, 0) is 28.9 Å². The quantitative estimate of drug-likeness (QED) is 0.803. The van der Waals surface area contributed by atoms with Gasteiger partial charge in [0.1, 0.15) is 5.75 Å². The van der Waals surface area contributed by atoms with Gasteiger partial charge in [-0.15, -0.1) is 0 Å². The van der Waals surface area contributed by atoms with Crippen LogP contribution in [0.15, 0.2) is 22.7 Å². The Morgan fingerprint density at radius 1 is 1.44 bits per heavy atom. The zero-order valence-electron chi connectivity index (χ0n) is 9.21. The van der Waals surface area contributed by atoms with Crippen LogP contribution in [0.4, 0.5) is 4.39 Å². The van der Waals surface area contributed by atoms with Gasteiger partial charge in [-0.2, -0.15) is 0 Å². The smallest absolute Gasteiger partial charge is 0.348 e. The van der Waals surface area contributed by atoms with Crippen LogP contribution in [-0.4, -0.2) is 20.2 Å². The van der Waals surface area contributed by atoms with Crippen LogP contribution in [0.2, 0.25) is 0 Å². The molecule has 0 N–H and O–H groups in total. The molecule has 1 unspecified atom stereocenters. The van der Waals surface area contributed by atoms with Gasteiger partial charge in [0, 0.05) is 5.56 Å². The zero-order valence-corrected chi connectivity index (χ0v) is 10.8. The Labute approximate surface area is 102 Å². The SMILES string of the molecule is COC(=O)C(C)(F)c1cccc(Br)c1OC. The number of halogens is 2. The maximum atomic E-state index is 14.3. The number of ether oxygens (including phenoxy) is 2. The predicted octanol–water partition coefficient (Wildman–Crippen LogP) is 2.82. The second kappa shape index (κ2) is 4.82. The predicted molar refractivity (Wildman–Crippen MR) is 61.2 cm³/mol. The van der Waals surface area contributed by atoms with Crippen LogP contribution in [-0.2, 0) is 15.2 Å². The van der Waals surface area contributed by atoms with E-state index in [0.717, 1.165) is 14.0 Å². The van der Waals surface area contributed by atoms with Gasteiger partial charge < -0.3 is 9.47 Å². The third-order valence-corrected chi connectivity index (χ3v) is 2.87. The van der Waals surface area contributed by atoms with Crippen molar-refractivity contribution in [1.29, 1.82) is 0 Å². The van der Waals surface area contributed by atoms with Crippen LogP contribution in [0.5, 0.6) is 5.75 Å². The number of rotatable bonds is 3. The third kappa shape index (κ3) is 2.19. The summed E-state index contributed by atoms with van der Waals surface area (Å²) in [5.74, 6) is -0.665. The van der Waals surface area contributed by atoms with E-state index in [1.54, 1.807) is 12.1 Å². The van der Waals surface area contributed by atoms with E-state index in [-0.39, 0.29) is 11.3 Å². The van der Waals surface area contributed by atoms with Crippen molar-refractivity contribution >= 4 is 21.9 Å². The van der Waals surface area contributed by atoms with Crippen molar-refractivity contribution in [2.24, 2.45) is 0 Å². The fourth-order valence-corrected chi connectivity index (χ4v) is 1.92.